The molecule has 0 spiro atoms. The summed E-state index contributed by atoms with van der Waals surface area (Å²) in [5.41, 5.74) is 0. The molecule has 0 radical (unpaired) electrons. The second-order valence-corrected chi connectivity index (χ2v) is 3.18. The van der Waals surface area contributed by atoms with Crippen molar-refractivity contribution in [3.05, 3.63) is 0 Å². The highest BCUT2D eigenvalue weighted by Gasteiger charge is 2.28. The van der Waals surface area contributed by atoms with Crippen LogP contribution in [0.15, 0.2) is 0 Å². The molecule has 1 aliphatic heterocycles. The number of urea groups is 1. The number of carbonyl (C=O) groups excluding carboxylic acids is 1. The molecule has 1 saturated heterocycles. The van der Waals surface area contributed by atoms with E-state index in [9.17, 15) is 15.0 Å². The fourth-order valence-electron chi connectivity index (χ4n) is 1.25. The zero-order valence-electron chi connectivity index (χ0n) is 7.27. The van der Waals surface area contributed by atoms with E-state index in [1.54, 1.807) is 14.1 Å². The number of hydrogen-bond donors (Lipinski definition) is 2. The molecule has 0 aromatic heterocycles. The number of aliphatic hydroxyl groups is 2. The molecular weight excluding hydrogens is 160 g/mol. The first-order valence-electron chi connectivity index (χ1n) is 3.84. The first-order chi connectivity index (χ1) is 5.52. The largest absolute Gasteiger partial charge is 0.388 e. The van der Waals surface area contributed by atoms with Crippen LogP contribution in [0.4, 0.5) is 4.79 Å². The van der Waals surface area contributed by atoms with Crippen molar-refractivity contribution in [2.45, 2.75) is 12.2 Å². The third-order valence-corrected chi connectivity index (χ3v) is 2.02. The van der Waals surface area contributed by atoms with E-state index in [1.807, 2.05) is 0 Å². The molecule has 0 aliphatic carbocycles. The van der Waals surface area contributed by atoms with Gasteiger partial charge < -0.3 is 20.0 Å². The fraction of sp³-hybridized carbons (Fsp3) is 0.857. The fourth-order valence-corrected chi connectivity index (χ4v) is 1.25. The summed E-state index contributed by atoms with van der Waals surface area (Å²) in [6.07, 6.45) is -1.69. The highest BCUT2D eigenvalue weighted by Crippen LogP contribution is 2.06. The lowest BCUT2D eigenvalue weighted by Crippen LogP contribution is -2.37. The van der Waals surface area contributed by atoms with Gasteiger partial charge in [-0.3, -0.25) is 0 Å². The van der Waals surface area contributed by atoms with Gasteiger partial charge in [0.2, 0.25) is 0 Å². The predicted octanol–water partition coefficient (Wildman–Crippen LogP) is -1.29. The van der Waals surface area contributed by atoms with Gasteiger partial charge in [0.1, 0.15) is 0 Å². The summed E-state index contributed by atoms with van der Waals surface area (Å²) in [6, 6.07) is -0.175. The molecule has 0 bridgehead atoms. The van der Waals surface area contributed by atoms with Crippen LogP contribution in [0, 0.1) is 0 Å². The molecule has 5 nitrogen and oxygen atoms in total. The molecule has 2 atom stereocenters. The number of nitrogens with zero attached hydrogens (tertiary/aromatic N) is 2. The maximum Gasteiger partial charge on any atom is 0.319 e. The first-order valence-corrected chi connectivity index (χ1v) is 3.84. The molecule has 0 unspecified atom stereocenters. The quantitative estimate of drug-likeness (QED) is 0.480. The van der Waals surface area contributed by atoms with E-state index in [-0.39, 0.29) is 19.1 Å². The van der Waals surface area contributed by atoms with Gasteiger partial charge in [-0.25, -0.2) is 4.79 Å². The van der Waals surface area contributed by atoms with Gasteiger partial charge >= 0.3 is 6.03 Å². The van der Waals surface area contributed by atoms with Crippen molar-refractivity contribution < 1.29 is 15.0 Å². The van der Waals surface area contributed by atoms with Crippen LogP contribution in [0.5, 0.6) is 0 Å². The van der Waals surface area contributed by atoms with Crippen LogP contribution < -0.4 is 0 Å². The maximum absolute atomic E-state index is 11.3. The summed E-state index contributed by atoms with van der Waals surface area (Å²) in [4.78, 5) is 14.0. The van der Waals surface area contributed by atoms with E-state index >= 15 is 0 Å². The topological polar surface area (TPSA) is 64.0 Å². The lowest BCUT2D eigenvalue weighted by atomic mass is 10.2. The lowest BCUT2D eigenvalue weighted by Gasteiger charge is -2.19. The van der Waals surface area contributed by atoms with Crippen LogP contribution in [0.1, 0.15) is 0 Å². The molecule has 0 aromatic carbocycles. The van der Waals surface area contributed by atoms with Crippen LogP contribution in [-0.4, -0.2) is 65.4 Å². The van der Waals surface area contributed by atoms with Gasteiger partial charge in [0.15, 0.2) is 0 Å². The SMILES string of the molecule is CN1C[C@H](O)[C@@H](O)CN(C)C1=O. The van der Waals surface area contributed by atoms with Crippen molar-refractivity contribution >= 4 is 6.03 Å². The molecule has 0 aromatic rings. The number of carbonyl (C=O) groups is 1. The standard InChI is InChI=1S/C7H14N2O3/c1-8-3-5(10)6(11)4-9(2)7(8)12/h5-6,10-11H,3-4H2,1-2H3/t5-,6-/m0/s1. The van der Waals surface area contributed by atoms with Gasteiger partial charge in [-0.15, -0.1) is 0 Å². The van der Waals surface area contributed by atoms with E-state index in [4.69, 9.17) is 0 Å². The Kier molecular flexibility index (Phi) is 2.54. The number of aliphatic hydroxyl groups excluding tert-OH is 2. The van der Waals surface area contributed by atoms with Crippen molar-refractivity contribution in [2.24, 2.45) is 0 Å². The maximum atomic E-state index is 11.3. The van der Waals surface area contributed by atoms with Gasteiger partial charge in [-0.1, -0.05) is 0 Å². The van der Waals surface area contributed by atoms with Crippen molar-refractivity contribution in [1.29, 1.82) is 0 Å². The average Bonchev–Trinajstić information content (AvgIpc) is 2.07. The molecule has 1 fully saturated rings. The summed E-state index contributed by atoms with van der Waals surface area (Å²) >= 11 is 0. The molecule has 1 aliphatic rings. The molecule has 1 rings (SSSR count). The van der Waals surface area contributed by atoms with Crippen LogP contribution in [-0.2, 0) is 0 Å². The molecule has 2 amide bonds. The van der Waals surface area contributed by atoms with Gasteiger partial charge in [0, 0.05) is 14.1 Å². The number of likely N-dealkylation sites (N-methyl/N-ethyl adjacent to an activating group) is 2. The minimum atomic E-state index is -0.844. The van der Waals surface area contributed by atoms with Crippen molar-refractivity contribution in [3.63, 3.8) is 0 Å². The Labute approximate surface area is 71.2 Å². The Morgan fingerprint density at radius 2 is 1.50 bits per heavy atom. The van der Waals surface area contributed by atoms with E-state index < -0.39 is 12.2 Å². The normalized spacial score (nSPS) is 32.2. The zero-order valence-corrected chi connectivity index (χ0v) is 7.27. The molecule has 1 heterocycles. The minimum absolute atomic E-state index is 0.175. The molecule has 2 N–H and O–H groups in total. The van der Waals surface area contributed by atoms with E-state index in [0.29, 0.717) is 0 Å². The molecule has 12 heavy (non-hydrogen) atoms. The molecule has 0 saturated carbocycles. The summed E-state index contributed by atoms with van der Waals surface area (Å²) in [5.74, 6) is 0. The number of hydrogen-bond acceptors (Lipinski definition) is 3. The number of rotatable bonds is 0. The number of β-amino-alcohol motifs (C(OH)–C–C–N with tert-alkyl or cyclic N) is 2. The Balaban J connectivity index is 2.71. The molecular formula is C7H14N2O3. The van der Waals surface area contributed by atoms with E-state index in [2.05, 4.69) is 0 Å². The van der Waals surface area contributed by atoms with Crippen LogP contribution in [0.3, 0.4) is 0 Å². The van der Waals surface area contributed by atoms with E-state index in [0.717, 1.165) is 0 Å². The first kappa shape index (κ1) is 9.28. The lowest BCUT2D eigenvalue weighted by molar-refractivity contribution is 0.0130. The van der Waals surface area contributed by atoms with Gasteiger partial charge in [0.05, 0.1) is 25.3 Å². The average molecular weight is 174 g/mol. The van der Waals surface area contributed by atoms with Gasteiger partial charge in [-0.2, -0.15) is 0 Å². The van der Waals surface area contributed by atoms with Crippen LogP contribution >= 0.6 is 0 Å². The summed E-state index contributed by atoms with van der Waals surface area (Å²) in [5, 5.41) is 18.6. The van der Waals surface area contributed by atoms with Crippen molar-refractivity contribution in [3.8, 4) is 0 Å². The van der Waals surface area contributed by atoms with E-state index in [1.165, 1.54) is 9.80 Å². The third-order valence-electron chi connectivity index (χ3n) is 2.02. The second kappa shape index (κ2) is 3.28. The minimum Gasteiger partial charge on any atom is -0.388 e. The third kappa shape index (κ3) is 1.67. The smallest absolute Gasteiger partial charge is 0.319 e. The second-order valence-electron chi connectivity index (χ2n) is 3.18. The molecule has 5 heteroatoms. The van der Waals surface area contributed by atoms with Gasteiger partial charge in [-0.05, 0) is 0 Å². The summed E-state index contributed by atoms with van der Waals surface area (Å²) in [6.45, 7) is 0.370. The number of amides is 2. The summed E-state index contributed by atoms with van der Waals surface area (Å²) in [7, 11) is 3.19. The predicted molar refractivity (Wildman–Crippen MR) is 42.7 cm³/mol. The Morgan fingerprint density at radius 3 is 1.83 bits per heavy atom. The molecule has 70 valence electrons. The van der Waals surface area contributed by atoms with Crippen LogP contribution in [0.2, 0.25) is 0 Å². The monoisotopic (exact) mass is 174 g/mol. The van der Waals surface area contributed by atoms with Crippen LogP contribution in [0.25, 0.3) is 0 Å². The Morgan fingerprint density at radius 1 is 1.17 bits per heavy atom. The highest BCUT2D eigenvalue weighted by atomic mass is 16.3. The summed E-state index contributed by atoms with van der Waals surface area (Å²) < 4.78 is 0. The van der Waals surface area contributed by atoms with Crippen molar-refractivity contribution in [2.75, 3.05) is 27.2 Å². The highest BCUT2D eigenvalue weighted by molar-refractivity contribution is 5.74. The Bertz CT molecular complexity index is 167. The zero-order chi connectivity index (χ0) is 9.30. The Hall–Kier alpha value is -0.810. The van der Waals surface area contributed by atoms with Crippen molar-refractivity contribution in [1.82, 2.24) is 9.80 Å². The van der Waals surface area contributed by atoms with Gasteiger partial charge in [0.25, 0.3) is 0 Å².